The van der Waals surface area contributed by atoms with Gasteiger partial charge in [-0.25, -0.2) is 0 Å². The van der Waals surface area contributed by atoms with E-state index in [0.717, 1.165) is 0 Å². The van der Waals surface area contributed by atoms with Crippen molar-refractivity contribution in [1.82, 2.24) is 0 Å². The monoisotopic (exact) mass is 145 g/mol. The Bertz CT molecular complexity index is 108. The minimum atomic E-state index is -0.291. The molecule has 0 heterocycles. The first kappa shape index (κ1) is 8.80. The molecule has 0 saturated carbocycles. The summed E-state index contributed by atoms with van der Waals surface area (Å²) >= 11 is 1.21. The van der Waals surface area contributed by atoms with E-state index < -0.39 is 0 Å². The van der Waals surface area contributed by atoms with Crippen LogP contribution in [0.3, 0.4) is 0 Å². The van der Waals surface area contributed by atoms with Crippen molar-refractivity contribution >= 4 is 11.8 Å². The quantitative estimate of drug-likeness (QED) is 0.610. The summed E-state index contributed by atoms with van der Waals surface area (Å²) in [5.41, 5.74) is 0. The minimum absolute atomic E-state index is 0.245. The van der Waals surface area contributed by atoms with Gasteiger partial charge in [-0.2, -0.15) is 5.26 Å². The van der Waals surface area contributed by atoms with E-state index in [0.29, 0.717) is 6.42 Å². The van der Waals surface area contributed by atoms with Crippen LogP contribution in [-0.4, -0.2) is 16.5 Å². The summed E-state index contributed by atoms with van der Waals surface area (Å²) in [6.45, 7) is 3.66. The molecule has 2 unspecified atom stereocenters. The molecule has 2 atom stereocenters. The fraction of sp³-hybridized carbons (Fsp3) is 0.833. The summed E-state index contributed by atoms with van der Waals surface area (Å²) in [7, 11) is 0. The fourth-order valence-corrected chi connectivity index (χ4v) is 1.17. The molecule has 0 aromatic rings. The molecule has 0 spiro atoms. The first-order valence-electron chi connectivity index (χ1n) is 2.89. The van der Waals surface area contributed by atoms with Gasteiger partial charge in [-0.15, -0.1) is 0 Å². The van der Waals surface area contributed by atoms with E-state index in [9.17, 15) is 0 Å². The number of thioether (sulfide) groups is 1. The molecule has 52 valence electrons. The Balaban J connectivity index is 3.29. The molecule has 0 saturated heterocycles. The molecular weight excluding hydrogens is 134 g/mol. The lowest BCUT2D eigenvalue weighted by molar-refractivity contribution is 0.185. The minimum Gasteiger partial charge on any atom is -0.393 e. The van der Waals surface area contributed by atoms with E-state index in [2.05, 4.69) is 0 Å². The predicted molar refractivity (Wildman–Crippen MR) is 39.0 cm³/mol. The topological polar surface area (TPSA) is 44.0 Å². The molecule has 0 bridgehead atoms. The summed E-state index contributed by atoms with van der Waals surface area (Å²) in [6.07, 6.45) is 0.402. The zero-order valence-electron chi connectivity index (χ0n) is 5.66. The second-order valence-corrected chi connectivity index (χ2v) is 3.33. The van der Waals surface area contributed by atoms with Gasteiger partial charge in [-0.05, 0) is 25.1 Å². The Hall–Kier alpha value is -0.200. The van der Waals surface area contributed by atoms with Crippen LogP contribution in [0.5, 0.6) is 0 Å². The van der Waals surface area contributed by atoms with E-state index in [1.165, 1.54) is 11.8 Å². The molecule has 9 heavy (non-hydrogen) atoms. The largest absolute Gasteiger partial charge is 0.393 e. The van der Waals surface area contributed by atoms with Crippen LogP contribution >= 0.6 is 11.8 Å². The van der Waals surface area contributed by atoms with Crippen molar-refractivity contribution in [2.24, 2.45) is 0 Å². The smallest absolute Gasteiger partial charge is 0.133 e. The SMILES string of the molecule is CC(O)CC(C)SC#N. The van der Waals surface area contributed by atoms with Gasteiger partial charge in [0.1, 0.15) is 5.40 Å². The van der Waals surface area contributed by atoms with Crippen LogP contribution in [-0.2, 0) is 0 Å². The Morgan fingerprint density at radius 2 is 2.22 bits per heavy atom. The fourth-order valence-electron chi connectivity index (χ4n) is 0.618. The van der Waals surface area contributed by atoms with Crippen LogP contribution in [0.1, 0.15) is 20.3 Å². The Morgan fingerprint density at radius 1 is 1.67 bits per heavy atom. The van der Waals surface area contributed by atoms with E-state index >= 15 is 0 Å². The highest BCUT2D eigenvalue weighted by molar-refractivity contribution is 8.04. The standard InChI is InChI=1S/C6H11NOS/c1-5(8)3-6(2)9-4-7/h5-6,8H,3H2,1-2H3. The summed E-state index contributed by atoms with van der Waals surface area (Å²) in [6, 6.07) is 0. The van der Waals surface area contributed by atoms with Crippen molar-refractivity contribution in [3.8, 4) is 5.40 Å². The lowest BCUT2D eigenvalue weighted by Crippen LogP contribution is -2.07. The summed E-state index contributed by atoms with van der Waals surface area (Å²) in [5.74, 6) is 0. The van der Waals surface area contributed by atoms with Gasteiger partial charge in [0.05, 0.1) is 6.10 Å². The molecule has 0 aromatic carbocycles. The molecule has 3 heteroatoms. The lowest BCUT2D eigenvalue weighted by atomic mass is 10.2. The van der Waals surface area contributed by atoms with Gasteiger partial charge in [-0.1, -0.05) is 6.92 Å². The number of aliphatic hydroxyl groups is 1. The maximum absolute atomic E-state index is 8.83. The van der Waals surface area contributed by atoms with Gasteiger partial charge >= 0.3 is 0 Å². The number of hydrogen-bond acceptors (Lipinski definition) is 3. The molecular formula is C6H11NOS. The number of aliphatic hydroxyl groups excluding tert-OH is 1. The van der Waals surface area contributed by atoms with Crippen molar-refractivity contribution in [1.29, 1.82) is 5.26 Å². The maximum atomic E-state index is 8.83. The average Bonchev–Trinajstić information content (AvgIpc) is 1.63. The second kappa shape index (κ2) is 4.66. The van der Waals surface area contributed by atoms with E-state index in [-0.39, 0.29) is 11.4 Å². The van der Waals surface area contributed by atoms with Crippen LogP contribution in [0.25, 0.3) is 0 Å². The van der Waals surface area contributed by atoms with Gasteiger partial charge in [0.15, 0.2) is 0 Å². The van der Waals surface area contributed by atoms with Gasteiger partial charge in [0.25, 0.3) is 0 Å². The normalized spacial score (nSPS) is 16.2. The third-order valence-corrected chi connectivity index (χ3v) is 1.63. The lowest BCUT2D eigenvalue weighted by Gasteiger charge is -2.06. The molecule has 0 radical (unpaired) electrons. The van der Waals surface area contributed by atoms with E-state index in [4.69, 9.17) is 10.4 Å². The highest BCUT2D eigenvalue weighted by Gasteiger charge is 2.04. The zero-order chi connectivity index (χ0) is 7.28. The van der Waals surface area contributed by atoms with Crippen molar-refractivity contribution < 1.29 is 5.11 Å². The summed E-state index contributed by atoms with van der Waals surface area (Å²) in [4.78, 5) is 0. The third-order valence-electron chi connectivity index (χ3n) is 0.927. The highest BCUT2D eigenvalue weighted by atomic mass is 32.2. The molecule has 0 aliphatic rings. The van der Waals surface area contributed by atoms with Crippen molar-refractivity contribution in [3.05, 3.63) is 0 Å². The van der Waals surface area contributed by atoms with Crippen molar-refractivity contribution in [3.63, 3.8) is 0 Å². The van der Waals surface area contributed by atoms with Crippen LogP contribution < -0.4 is 0 Å². The number of hydrogen-bond donors (Lipinski definition) is 1. The van der Waals surface area contributed by atoms with Crippen LogP contribution in [0.2, 0.25) is 0 Å². The van der Waals surface area contributed by atoms with Gasteiger partial charge < -0.3 is 5.11 Å². The van der Waals surface area contributed by atoms with Gasteiger partial charge in [-0.3, -0.25) is 0 Å². The molecule has 0 rings (SSSR count). The Labute approximate surface area is 59.9 Å². The predicted octanol–water partition coefficient (Wildman–Crippen LogP) is 1.36. The molecule has 0 aliphatic carbocycles. The van der Waals surface area contributed by atoms with Crippen LogP contribution in [0.15, 0.2) is 0 Å². The third kappa shape index (κ3) is 5.67. The van der Waals surface area contributed by atoms with Crippen LogP contribution in [0.4, 0.5) is 0 Å². The number of thiocyanates is 1. The van der Waals surface area contributed by atoms with E-state index in [1.807, 2.05) is 12.3 Å². The molecule has 0 aliphatic heterocycles. The molecule has 0 fully saturated rings. The van der Waals surface area contributed by atoms with Gasteiger partial charge in [0, 0.05) is 5.25 Å². The number of rotatable bonds is 3. The zero-order valence-corrected chi connectivity index (χ0v) is 6.48. The summed E-state index contributed by atoms with van der Waals surface area (Å²) in [5, 5.41) is 19.2. The first-order chi connectivity index (χ1) is 4.16. The van der Waals surface area contributed by atoms with Gasteiger partial charge in [0.2, 0.25) is 0 Å². The van der Waals surface area contributed by atoms with Crippen molar-refractivity contribution in [2.45, 2.75) is 31.6 Å². The Kier molecular flexibility index (Phi) is 4.55. The first-order valence-corrected chi connectivity index (χ1v) is 3.77. The summed E-state index contributed by atoms with van der Waals surface area (Å²) < 4.78 is 0. The second-order valence-electron chi connectivity index (χ2n) is 2.10. The molecule has 0 amide bonds. The molecule has 0 aromatic heterocycles. The Morgan fingerprint density at radius 3 is 2.56 bits per heavy atom. The number of nitriles is 1. The number of nitrogens with zero attached hydrogens (tertiary/aromatic N) is 1. The maximum Gasteiger partial charge on any atom is 0.133 e. The van der Waals surface area contributed by atoms with E-state index in [1.54, 1.807) is 6.92 Å². The average molecular weight is 145 g/mol. The molecule has 1 N–H and O–H groups in total. The van der Waals surface area contributed by atoms with Crippen LogP contribution in [0, 0.1) is 10.7 Å². The molecule has 2 nitrogen and oxygen atoms in total. The van der Waals surface area contributed by atoms with Crippen molar-refractivity contribution in [2.75, 3.05) is 0 Å². The highest BCUT2D eigenvalue weighted by Crippen LogP contribution is 2.13.